The Hall–Kier alpha value is -2.32. The van der Waals surface area contributed by atoms with E-state index in [0.29, 0.717) is 17.4 Å². The molecule has 1 amide bonds. The van der Waals surface area contributed by atoms with Gasteiger partial charge in [0.2, 0.25) is 5.91 Å². The maximum atomic E-state index is 12.7. The number of phosphoric ester groups is 1. The van der Waals surface area contributed by atoms with Gasteiger partial charge in [-0.15, -0.1) is 0 Å². The van der Waals surface area contributed by atoms with E-state index in [1.165, 1.54) is 89.9 Å². The van der Waals surface area contributed by atoms with Crippen molar-refractivity contribution >= 4 is 13.7 Å². The standard InChI is InChI=1S/C52H93N2O6P/c1-6-8-10-12-13-14-15-16-17-18-19-20-21-22-23-24-25-26-27-28-29-30-31-32-33-34-35-36-37-38-39-40-41-42-44-46-52(56)53-50(51(55)45-43-11-9-7-2)49-60-61(57,58)59-48-47-54(3,4)5/h8,10,13-14,16-17,19-20,22-23,25-26,43,45,50-51,55H,6-7,9,11-12,15,18,21,24,27-42,44,46-49H2,1-5H3,(H-,53,56,57,58)/b10-8-,14-13-,17-16-,20-19-,23-22-,26-25-,45-43+. The van der Waals surface area contributed by atoms with E-state index in [0.717, 1.165) is 77.0 Å². The second-order valence-corrected chi connectivity index (χ2v) is 18.8. The van der Waals surface area contributed by atoms with Crippen molar-refractivity contribution in [2.75, 3.05) is 40.9 Å². The monoisotopic (exact) mass is 873 g/mol. The van der Waals surface area contributed by atoms with Crippen molar-refractivity contribution in [3.05, 3.63) is 85.1 Å². The number of nitrogens with one attached hydrogen (secondary N) is 1. The van der Waals surface area contributed by atoms with Crippen molar-refractivity contribution in [2.45, 2.75) is 199 Å². The fourth-order valence-electron chi connectivity index (χ4n) is 6.49. The van der Waals surface area contributed by atoms with Gasteiger partial charge in [0.25, 0.3) is 7.82 Å². The highest BCUT2D eigenvalue weighted by atomic mass is 31.2. The molecule has 0 rings (SSSR count). The molecule has 0 saturated carbocycles. The highest BCUT2D eigenvalue weighted by Crippen LogP contribution is 2.38. The third-order valence-electron chi connectivity index (χ3n) is 10.4. The van der Waals surface area contributed by atoms with Gasteiger partial charge < -0.3 is 28.8 Å². The summed E-state index contributed by atoms with van der Waals surface area (Å²) in [4.78, 5) is 25.0. The summed E-state index contributed by atoms with van der Waals surface area (Å²) in [5.74, 6) is -0.210. The predicted molar refractivity (Wildman–Crippen MR) is 260 cm³/mol. The Balaban J connectivity index is 3.81. The molecule has 0 fully saturated rings. The van der Waals surface area contributed by atoms with Crippen molar-refractivity contribution in [1.82, 2.24) is 5.32 Å². The van der Waals surface area contributed by atoms with Crippen LogP contribution in [0, 0.1) is 0 Å². The van der Waals surface area contributed by atoms with Crippen molar-refractivity contribution in [3.63, 3.8) is 0 Å². The number of carbonyl (C=O) groups is 1. The maximum Gasteiger partial charge on any atom is 0.268 e. The summed E-state index contributed by atoms with van der Waals surface area (Å²) in [7, 11) is 1.25. The van der Waals surface area contributed by atoms with E-state index >= 15 is 0 Å². The molecule has 0 aliphatic rings. The van der Waals surface area contributed by atoms with Crippen molar-refractivity contribution in [2.24, 2.45) is 0 Å². The zero-order valence-corrected chi connectivity index (χ0v) is 40.7. The number of phosphoric acid groups is 1. The number of hydrogen-bond donors (Lipinski definition) is 2. The van der Waals surface area contributed by atoms with Crippen LogP contribution in [0.25, 0.3) is 0 Å². The minimum Gasteiger partial charge on any atom is -0.756 e. The van der Waals surface area contributed by atoms with Crippen LogP contribution in [0.2, 0.25) is 0 Å². The summed E-state index contributed by atoms with van der Waals surface area (Å²) in [6.07, 6.45) is 60.1. The smallest absolute Gasteiger partial charge is 0.268 e. The van der Waals surface area contributed by atoms with E-state index in [2.05, 4.69) is 92.1 Å². The van der Waals surface area contributed by atoms with Gasteiger partial charge in [0.15, 0.2) is 0 Å². The van der Waals surface area contributed by atoms with Crippen molar-refractivity contribution in [1.29, 1.82) is 0 Å². The lowest BCUT2D eigenvalue weighted by Gasteiger charge is -2.29. The van der Waals surface area contributed by atoms with Crippen LogP contribution in [-0.2, 0) is 18.4 Å². The molecule has 352 valence electrons. The fraction of sp³-hybridized carbons (Fsp3) is 0.712. The van der Waals surface area contributed by atoms with Gasteiger partial charge in [-0.2, -0.15) is 0 Å². The predicted octanol–water partition coefficient (Wildman–Crippen LogP) is 13.5. The minimum absolute atomic E-state index is 0.00471. The Morgan fingerprint density at radius 2 is 1.00 bits per heavy atom. The van der Waals surface area contributed by atoms with Crippen molar-refractivity contribution in [3.8, 4) is 0 Å². The molecule has 0 radical (unpaired) electrons. The largest absolute Gasteiger partial charge is 0.756 e. The van der Waals surface area contributed by atoms with Gasteiger partial charge in [-0.05, 0) is 64.2 Å². The number of aliphatic hydroxyl groups excluding tert-OH is 1. The molecule has 3 unspecified atom stereocenters. The van der Waals surface area contributed by atoms with Gasteiger partial charge in [-0.1, -0.05) is 202 Å². The number of nitrogens with zero attached hydrogens (tertiary/aromatic N) is 1. The molecule has 0 spiro atoms. The summed E-state index contributed by atoms with van der Waals surface area (Å²) < 4.78 is 22.9. The molecule has 2 N–H and O–H groups in total. The second kappa shape index (κ2) is 43.0. The molecule has 0 aromatic carbocycles. The molecule has 0 aromatic heterocycles. The fourth-order valence-corrected chi connectivity index (χ4v) is 7.22. The minimum atomic E-state index is -4.57. The van der Waals surface area contributed by atoms with Crippen LogP contribution in [0.3, 0.4) is 0 Å². The van der Waals surface area contributed by atoms with Crippen LogP contribution >= 0.6 is 7.82 Å². The molecular weight excluding hydrogens is 780 g/mol. The van der Waals surface area contributed by atoms with E-state index in [-0.39, 0.29) is 19.1 Å². The molecule has 0 bridgehead atoms. The summed E-state index contributed by atoms with van der Waals surface area (Å²) in [6.45, 7) is 4.36. The first-order valence-electron chi connectivity index (χ1n) is 24.4. The average molecular weight is 873 g/mol. The highest BCUT2D eigenvalue weighted by Gasteiger charge is 2.23. The number of quaternary nitrogens is 1. The lowest BCUT2D eigenvalue weighted by Crippen LogP contribution is -2.45. The Morgan fingerprint density at radius 1 is 0.590 bits per heavy atom. The molecule has 0 saturated heterocycles. The first-order valence-corrected chi connectivity index (χ1v) is 25.9. The van der Waals surface area contributed by atoms with E-state index in [9.17, 15) is 19.4 Å². The zero-order chi connectivity index (χ0) is 45.0. The number of rotatable bonds is 43. The summed E-state index contributed by atoms with van der Waals surface area (Å²) >= 11 is 0. The molecule has 0 aromatic rings. The maximum absolute atomic E-state index is 12.7. The number of allylic oxidation sites excluding steroid dienone is 13. The first kappa shape index (κ1) is 58.7. The quantitative estimate of drug-likeness (QED) is 0.0273. The SMILES string of the molecule is CC/C=C\C/C=C\C/C=C\C/C=C\C/C=C\C/C=C\CCCCCCCCCCCCCCCCCCC(=O)NC(COP(=O)([O-])OCC[N+](C)(C)C)C(O)/C=C/CCCC. The molecule has 0 aliphatic heterocycles. The molecule has 9 heteroatoms. The number of amides is 1. The molecule has 0 aliphatic carbocycles. The number of carbonyl (C=O) groups excluding carboxylic acids is 1. The van der Waals surface area contributed by atoms with Crippen LogP contribution < -0.4 is 10.2 Å². The van der Waals surface area contributed by atoms with Gasteiger partial charge >= 0.3 is 0 Å². The number of likely N-dealkylation sites (N-methyl/N-ethyl adjacent to an activating group) is 1. The molecular formula is C52H93N2O6P. The zero-order valence-electron chi connectivity index (χ0n) is 39.8. The van der Waals surface area contributed by atoms with E-state index in [1.807, 2.05) is 27.2 Å². The third kappa shape index (κ3) is 45.5. The van der Waals surface area contributed by atoms with Crippen LogP contribution in [0.1, 0.15) is 187 Å². The number of hydrogen-bond acceptors (Lipinski definition) is 6. The normalized spacial score (nSPS) is 14.9. The van der Waals surface area contributed by atoms with Crippen LogP contribution in [-0.4, -0.2) is 68.5 Å². The van der Waals surface area contributed by atoms with Gasteiger partial charge in [-0.3, -0.25) is 9.36 Å². The summed E-state index contributed by atoms with van der Waals surface area (Å²) in [5, 5.41) is 13.5. The molecule has 8 nitrogen and oxygen atoms in total. The van der Waals surface area contributed by atoms with E-state index in [4.69, 9.17) is 9.05 Å². The van der Waals surface area contributed by atoms with Gasteiger partial charge in [0, 0.05) is 6.42 Å². The van der Waals surface area contributed by atoms with Gasteiger partial charge in [-0.25, -0.2) is 0 Å². The molecule has 61 heavy (non-hydrogen) atoms. The van der Waals surface area contributed by atoms with Crippen LogP contribution in [0.5, 0.6) is 0 Å². The summed E-state index contributed by atoms with van der Waals surface area (Å²) in [5.41, 5.74) is 0. The third-order valence-corrected chi connectivity index (χ3v) is 11.3. The van der Waals surface area contributed by atoms with Crippen LogP contribution in [0.15, 0.2) is 85.1 Å². The van der Waals surface area contributed by atoms with Crippen LogP contribution in [0.4, 0.5) is 0 Å². The molecule has 0 heterocycles. The van der Waals surface area contributed by atoms with Crippen molar-refractivity contribution < 1.29 is 32.9 Å². The molecule has 3 atom stereocenters. The second-order valence-electron chi connectivity index (χ2n) is 17.4. The van der Waals surface area contributed by atoms with E-state index in [1.54, 1.807) is 6.08 Å². The van der Waals surface area contributed by atoms with Gasteiger partial charge in [0.05, 0.1) is 39.9 Å². The lowest BCUT2D eigenvalue weighted by molar-refractivity contribution is -0.870. The number of unbranched alkanes of at least 4 members (excludes halogenated alkanes) is 18. The average Bonchev–Trinajstić information content (AvgIpc) is 3.21. The Morgan fingerprint density at radius 3 is 1.44 bits per heavy atom. The highest BCUT2D eigenvalue weighted by molar-refractivity contribution is 7.45. The Bertz CT molecular complexity index is 1260. The Labute approximate surface area is 376 Å². The lowest BCUT2D eigenvalue weighted by atomic mass is 10.0. The van der Waals surface area contributed by atoms with E-state index < -0.39 is 20.0 Å². The number of aliphatic hydroxyl groups is 1. The first-order chi connectivity index (χ1) is 29.5. The topological polar surface area (TPSA) is 108 Å². The summed E-state index contributed by atoms with van der Waals surface area (Å²) in [6, 6.07) is -0.884. The van der Waals surface area contributed by atoms with Gasteiger partial charge in [0.1, 0.15) is 13.2 Å². The Kier molecular flexibility index (Phi) is 41.3.